The van der Waals surface area contributed by atoms with Crippen LogP contribution in [-0.2, 0) is 6.54 Å². The molecule has 29 heavy (non-hydrogen) atoms. The summed E-state index contributed by atoms with van der Waals surface area (Å²) in [6.07, 6.45) is 1.54. The summed E-state index contributed by atoms with van der Waals surface area (Å²) in [5, 5.41) is 16.3. The lowest BCUT2D eigenvalue weighted by Crippen LogP contribution is -2.12. The van der Waals surface area contributed by atoms with Crippen molar-refractivity contribution in [1.29, 1.82) is 5.26 Å². The van der Waals surface area contributed by atoms with Gasteiger partial charge in [0.15, 0.2) is 0 Å². The van der Waals surface area contributed by atoms with Crippen LogP contribution in [0.5, 0.6) is 5.75 Å². The fourth-order valence-corrected chi connectivity index (χ4v) is 4.18. The van der Waals surface area contributed by atoms with Crippen LogP contribution in [0.3, 0.4) is 0 Å². The maximum Gasteiger partial charge on any atom is 0.130 e. The smallest absolute Gasteiger partial charge is 0.130 e. The Hall–Kier alpha value is -3.08. The zero-order chi connectivity index (χ0) is 20.2. The second-order valence-electron chi connectivity index (χ2n) is 6.26. The van der Waals surface area contributed by atoms with Crippen molar-refractivity contribution >= 4 is 39.7 Å². The van der Waals surface area contributed by atoms with E-state index in [-0.39, 0.29) is 0 Å². The van der Waals surface area contributed by atoms with Gasteiger partial charge in [0, 0.05) is 41.0 Å². The molecule has 0 aliphatic carbocycles. The van der Waals surface area contributed by atoms with Gasteiger partial charge in [-0.2, -0.15) is 5.26 Å². The van der Waals surface area contributed by atoms with Crippen molar-refractivity contribution in [2.24, 2.45) is 0 Å². The van der Waals surface area contributed by atoms with Crippen LogP contribution in [0.15, 0.2) is 48.1 Å². The highest BCUT2D eigenvalue weighted by atomic mass is 35.5. The minimum atomic E-state index is 0.584. The normalized spacial score (nSPS) is 10.8. The van der Waals surface area contributed by atoms with E-state index in [1.165, 1.54) is 0 Å². The number of rotatable bonds is 7. The second kappa shape index (κ2) is 8.52. The van der Waals surface area contributed by atoms with E-state index in [0.29, 0.717) is 30.4 Å². The van der Waals surface area contributed by atoms with E-state index in [0.717, 1.165) is 33.0 Å². The van der Waals surface area contributed by atoms with Gasteiger partial charge in [-0.3, -0.25) is 0 Å². The SMILES string of the molecule is CCOc1csc(-c2cc(NCCn3c(C#N)cc4c(Cl)cccc43)ncn2)c1. The molecule has 146 valence electrons. The van der Waals surface area contributed by atoms with E-state index in [1.54, 1.807) is 17.7 Å². The van der Waals surface area contributed by atoms with Gasteiger partial charge in [0.1, 0.15) is 29.7 Å². The molecule has 0 radical (unpaired) electrons. The van der Waals surface area contributed by atoms with Gasteiger partial charge in [0.25, 0.3) is 0 Å². The summed E-state index contributed by atoms with van der Waals surface area (Å²) in [4.78, 5) is 9.69. The van der Waals surface area contributed by atoms with E-state index < -0.39 is 0 Å². The Morgan fingerprint density at radius 2 is 2.17 bits per heavy atom. The molecule has 0 fully saturated rings. The van der Waals surface area contributed by atoms with Crippen LogP contribution < -0.4 is 10.1 Å². The van der Waals surface area contributed by atoms with Gasteiger partial charge in [-0.1, -0.05) is 17.7 Å². The highest BCUT2D eigenvalue weighted by Crippen LogP contribution is 2.30. The Labute approximate surface area is 177 Å². The molecule has 1 aromatic carbocycles. The number of aromatic nitrogens is 3. The number of ether oxygens (including phenoxy) is 1. The van der Waals surface area contributed by atoms with Crippen molar-refractivity contribution in [1.82, 2.24) is 14.5 Å². The molecule has 0 saturated heterocycles. The van der Waals surface area contributed by atoms with E-state index >= 15 is 0 Å². The number of halogens is 1. The Balaban J connectivity index is 1.48. The summed E-state index contributed by atoms with van der Waals surface area (Å²) in [6.45, 7) is 3.82. The van der Waals surface area contributed by atoms with Gasteiger partial charge in [0.05, 0.1) is 22.7 Å². The number of nitrogens with zero attached hydrogens (tertiary/aromatic N) is 4. The summed E-state index contributed by atoms with van der Waals surface area (Å²) in [6, 6.07) is 13.7. The lowest BCUT2D eigenvalue weighted by molar-refractivity contribution is 0.342. The summed E-state index contributed by atoms with van der Waals surface area (Å²) in [5.74, 6) is 1.58. The number of nitrogens with one attached hydrogen (secondary N) is 1. The van der Waals surface area contributed by atoms with Gasteiger partial charge >= 0.3 is 0 Å². The number of fused-ring (bicyclic) bond motifs is 1. The number of hydrogen-bond acceptors (Lipinski definition) is 6. The molecule has 4 aromatic rings. The molecule has 3 aromatic heterocycles. The fraction of sp³-hybridized carbons (Fsp3) is 0.190. The van der Waals surface area contributed by atoms with E-state index in [1.807, 2.05) is 53.3 Å². The minimum Gasteiger partial charge on any atom is -0.493 e. The third kappa shape index (κ3) is 4.04. The zero-order valence-corrected chi connectivity index (χ0v) is 17.3. The molecule has 0 spiro atoms. The quantitative estimate of drug-likeness (QED) is 0.442. The Kier molecular flexibility index (Phi) is 5.65. The molecular formula is C21H18ClN5OS. The van der Waals surface area contributed by atoms with Crippen molar-refractivity contribution in [3.63, 3.8) is 0 Å². The first-order chi connectivity index (χ1) is 14.2. The molecule has 0 saturated carbocycles. The molecule has 8 heteroatoms. The van der Waals surface area contributed by atoms with Crippen LogP contribution in [-0.4, -0.2) is 27.7 Å². The molecule has 3 heterocycles. The molecule has 0 unspecified atom stereocenters. The molecule has 4 rings (SSSR count). The van der Waals surface area contributed by atoms with Gasteiger partial charge < -0.3 is 14.6 Å². The Bertz CT molecular complexity index is 1190. The molecule has 6 nitrogen and oxygen atoms in total. The van der Waals surface area contributed by atoms with Gasteiger partial charge in [0.2, 0.25) is 0 Å². The van der Waals surface area contributed by atoms with Crippen LogP contribution in [0.25, 0.3) is 21.5 Å². The highest BCUT2D eigenvalue weighted by Gasteiger charge is 2.11. The lowest BCUT2D eigenvalue weighted by atomic mass is 10.2. The van der Waals surface area contributed by atoms with E-state index in [4.69, 9.17) is 16.3 Å². The van der Waals surface area contributed by atoms with E-state index in [2.05, 4.69) is 21.4 Å². The number of hydrogen-bond donors (Lipinski definition) is 1. The van der Waals surface area contributed by atoms with Crippen LogP contribution in [0.4, 0.5) is 5.82 Å². The van der Waals surface area contributed by atoms with Gasteiger partial charge in [-0.05, 0) is 25.1 Å². The predicted molar refractivity (Wildman–Crippen MR) is 117 cm³/mol. The lowest BCUT2D eigenvalue weighted by Gasteiger charge is -2.10. The van der Waals surface area contributed by atoms with E-state index in [9.17, 15) is 5.26 Å². The Morgan fingerprint density at radius 3 is 3.00 bits per heavy atom. The predicted octanol–water partition coefficient (Wildman–Crippen LogP) is 5.20. The summed E-state index contributed by atoms with van der Waals surface area (Å²) in [5.41, 5.74) is 2.37. The topological polar surface area (TPSA) is 75.8 Å². The summed E-state index contributed by atoms with van der Waals surface area (Å²) >= 11 is 7.85. The fourth-order valence-electron chi connectivity index (χ4n) is 3.16. The molecule has 0 aliphatic heterocycles. The first-order valence-corrected chi connectivity index (χ1v) is 10.4. The van der Waals surface area contributed by atoms with Crippen molar-refractivity contribution in [3.8, 4) is 22.4 Å². The van der Waals surface area contributed by atoms with Crippen molar-refractivity contribution in [2.75, 3.05) is 18.5 Å². The average Bonchev–Trinajstić information content (AvgIpc) is 3.34. The largest absolute Gasteiger partial charge is 0.493 e. The average molecular weight is 424 g/mol. The zero-order valence-electron chi connectivity index (χ0n) is 15.7. The summed E-state index contributed by atoms with van der Waals surface area (Å²) < 4.78 is 7.48. The molecule has 1 N–H and O–H groups in total. The molecule has 0 atom stereocenters. The summed E-state index contributed by atoms with van der Waals surface area (Å²) in [7, 11) is 0. The maximum atomic E-state index is 9.47. The monoisotopic (exact) mass is 423 g/mol. The highest BCUT2D eigenvalue weighted by molar-refractivity contribution is 7.13. The number of thiophene rings is 1. The van der Waals surface area contributed by atoms with Crippen molar-refractivity contribution in [2.45, 2.75) is 13.5 Å². The minimum absolute atomic E-state index is 0.584. The van der Waals surface area contributed by atoms with Crippen molar-refractivity contribution in [3.05, 3.63) is 58.8 Å². The molecular weight excluding hydrogens is 406 g/mol. The molecule has 0 bridgehead atoms. The standard InChI is InChI=1S/C21H18ClN5OS/c1-2-28-15-9-20(29-12-15)18-10-21(26-13-25-18)24-6-7-27-14(11-23)8-16-17(22)4-3-5-19(16)27/h3-5,8-10,12-13H,2,6-7H2,1H3,(H,24,25,26). The van der Waals surface area contributed by atoms with Crippen molar-refractivity contribution < 1.29 is 4.74 Å². The third-order valence-electron chi connectivity index (χ3n) is 4.45. The Morgan fingerprint density at radius 1 is 1.28 bits per heavy atom. The first kappa shape index (κ1) is 19.2. The second-order valence-corrected chi connectivity index (χ2v) is 7.58. The molecule has 0 aliphatic rings. The number of benzene rings is 1. The maximum absolute atomic E-state index is 9.47. The number of anilines is 1. The third-order valence-corrected chi connectivity index (χ3v) is 5.72. The van der Waals surface area contributed by atoms with Crippen LogP contribution >= 0.6 is 22.9 Å². The van der Waals surface area contributed by atoms with Crippen LogP contribution in [0.1, 0.15) is 12.6 Å². The van der Waals surface area contributed by atoms with Crippen LogP contribution in [0.2, 0.25) is 5.02 Å². The van der Waals surface area contributed by atoms with Crippen LogP contribution in [0, 0.1) is 11.3 Å². The van der Waals surface area contributed by atoms with Gasteiger partial charge in [-0.25, -0.2) is 9.97 Å². The first-order valence-electron chi connectivity index (χ1n) is 9.15. The van der Waals surface area contributed by atoms with Gasteiger partial charge in [-0.15, -0.1) is 11.3 Å². The molecule has 0 amide bonds. The number of nitriles is 1.